The van der Waals surface area contributed by atoms with Crippen molar-refractivity contribution in [3.05, 3.63) is 59.4 Å². The molecular formula is C23H23AsN6O4. The number of hydrogen-bond acceptors (Lipinski definition) is 8. The van der Waals surface area contributed by atoms with Crippen molar-refractivity contribution >= 4 is 36.2 Å². The summed E-state index contributed by atoms with van der Waals surface area (Å²) in [6.07, 6.45) is 0. The van der Waals surface area contributed by atoms with Gasteiger partial charge in [0.25, 0.3) is 0 Å². The van der Waals surface area contributed by atoms with Crippen LogP contribution in [-0.2, 0) is 0 Å². The maximum absolute atomic E-state index is 12.5. The minimum absolute atomic E-state index is 0.0322. The van der Waals surface area contributed by atoms with Gasteiger partial charge in [0.1, 0.15) is 5.84 Å². The first-order valence-electron chi connectivity index (χ1n) is 10.2. The third kappa shape index (κ3) is 4.87. The van der Waals surface area contributed by atoms with E-state index in [1.165, 1.54) is 7.11 Å². The van der Waals surface area contributed by atoms with E-state index in [9.17, 15) is 4.79 Å². The predicted octanol–water partition coefficient (Wildman–Crippen LogP) is 4.01. The fraction of sp³-hybridized carbons (Fsp3) is 0.174. The van der Waals surface area contributed by atoms with Gasteiger partial charge in [0.2, 0.25) is 0 Å². The number of imidazole rings is 1. The minimum atomic E-state index is -1.56. The van der Waals surface area contributed by atoms with Crippen molar-refractivity contribution in [1.82, 2.24) is 19.9 Å². The van der Waals surface area contributed by atoms with E-state index >= 15 is 0 Å². The fourth-order valence-electron chi connectivity index (χ4n) is 3.17. The second-order valence-electron chi connectivity index (χ2n) is 7.54. The molecule has 0 unspecified atom stereocenters. The topological polar surface area (TPSA) is 149 Å². The van der Waals surface area contributed by atoms with Crippen molar-refractivity contribution in [1.29, 1.82) is 5.41 Å². The van der Waals surface area contributed by atoms with Gasteiger partial charge < -0.3 is 5.73 Å². The van der Waals surface area contributed by atoms with E-state index in [-0.39, 0.29) is 28.0 Å². The number of amidine groups is 1. The van der Waals surface area contributed by atoms with Crippen LogP contribution in [0.1, 0.15) is 21.7 Å². The number of nitrogens with two attached hydrogens (primary N) is 1. The van der Waals surface area contributed by atoms with Crippen molar-refractivity contribution in [2.75, 3.05) is 7.11 Å². The summed E-state index contributed by atoms with van der Waals surface area (Å²) in [7, 11) is 1.50. The van der Waals surface area contributed by atoms with Crippen LogP contribution in [0.25, 0.3) is 11.2 Å². The molecule has 4 aromatic rings. The van der Waals surface area contributed by atoms with Crippen molar-refractivity contribution in [2.45, 2.75) is 18.3 Å². The third-order valence-corrected chi connectivity index (χ3v) is 7.04. The van der Waals surface area contributed by atoms with E-state index in [0.717, 1.165) is 0 Å². The van der Waals surface area contributed by atoms with Crippen LogP contribution in [0, 0.1) is 12.3 Å². The average molecular weight is 522 g/mol. The number of ether oxygens (including phenoxy) is 3. The number of aromatic nitrogens is 4. The Kier molecular flexibility index (Phi) is 6.51. The van der Waals surface area contributed by atoms with Crippen LogP contribution in [0.2, 0.25) is 11.4 Å². The Morgan fingerprint density at radius 3 is 2.53 bits per heavy atom. The average Bonchev–Trinajstić information content (AvgIpc) is 3.19. The molecule has 174 valence electrons. The van der Waals surface area contributed by atoms with Crippen molar-refractivity contribution in [3.63, 3.8) is 0 Å². The molecule has 2 aromatic carbocycles. The summed E-state index contributed by atoms with van der Waals surface area (Å²) in [6, 6.07) is 11.8. The van der Waals surface area contributed by atoms with Crippen molar-refractivity contribution < 1.29 is 19.0 Å². The number of hydrogen-bond donors (Lipinski definition) is 3. The molecule has 0 amide bonds. The van der Waals surface area contributed by atoms with Crippen LogP contribution in [0.15, 0.2) is 42.5 Å². The van der Waals surface area contributed by atoms with E-state index < -0.39 is 14.7 Å². The van der Waals surface area contributed by atoms with E-state index in [1.54, 1.807) is 49.4 Å². The molecule has 2 aromatic heterocycles. The number of nitrogens with one attached hydrogen (secondary N) is 2. The molecule has 0 aliphatic rings. The van der Waals surface area contributed by atoms with Crippen molar-refractivity contribution in [3.8, 4) is 29.1 Å². The third-order valence-electron chi connectivity index (χ3n) is 4.79. The number of rotatable bonds is 8. The van der Waals surface area contributed by atoms with Gasteiger partial charge in [-0.2, -0.15) is 0 Å². The van der Waals surface area contributed by atoms with Crippen LogP contribution in [-0.4, -0.2) is 52.1 Å². The molecule has 0 aliphatic carbocycles. The Balaban J connectivity index is 1.74. The number of nitrogen functional groups attached to an aromatic ring is 1. The zero-order valence-corrected chi connectivity index (χ0v) is 20.9. The SMILES string of the molecule is COc1ccc(C(=N)N)cc1Oc1nc(Oc2cccc(C(=O)[As](C)C)c2)c2[nH]c(C)nc2n1. The van der Waals surface area contributed by atoms with Crippen LogP contribution in [0.5, 0.6) is 29.1 Å². The predicted molar refractivity (Wildman–Crippen MR) is 129 cm³/mol. The molecule has 4 N–H and O–H groups in total. The molecule has 0 aliphatic heterocycles. The molecule has 0 bridgehead atoms. The Hall–Kier alpha value is -3.91. The molecule has 0 atom stereocenters. The number of aryl methyl sites for hydroxylation is 1. The number of H-pyrrole nitrogens is 1. The van der Waals surface area contributed by atoms with E-state index in [2.05, 4.69) is 19.9 Å². The van der Waals surface area contributed by atoms with Crippen LogP contribution in [0.4, 0.5) is 0 Å². The first-order valence-corrected chi connectivity index (χ1v) is 14.9. The molecule has 2 heterocycles. The number of carbonyl (C=O) groups is 1. The van der Waals surface area contributed by atoms with E-state index in [0.29, 0.717) is 39.6 Å². The second kappa shape index (κ2) is 9.52. The summed E-state index contributed by atoms with van der Waals surface area (Å²) >= 11 is -1.56. The zero-order chi connectivity index (χ0) is 24.4. The summed E-state index contributed by atoms with van der Waals surface area (Å²) < 4.78 is 17.5. The summed E-state index contributed by atoms with van der Waals surface area (Å²) in [5.74, 6) is 1.85. The fourth-order valence-corrected chi connectivity index (χ4v) is 4.55. The summed E-state index contributed by atoms with van der Waals surface area (Å²) in [5, 5.41) is 7.68. The molecule has 0 radical (unpaired) electrons. The number of methoxy groups -OCH3 is 1. The molecular weight excluding hydrogens is 499 g/mol. The van der Waals surface area contributed by atoms with Gasteiger partial charge in [0.05, 0.1) is 7.11 Å². The maximum atomic E-state index is 12.5. The van der Waals surface area contributed by atoms with Gasteiger partial charge >= 0.3 is 170 Å². The van der Waals surface area contributed by atoms with Gasteiger partial charge in [0.15, 0.2) is 0 Å². The van der Waals surface area contributed by atoms with Crippen LogP contribution >= 0.6 is 0 Å². The molecule has 0 spiro atoms. The molecule has 10 nitrogen and oxygen atoms in total. The monoisotopic (exact) mass is 522 g/mol. The van der Waals surface area contributed by atoms with Gasteiger partial charge in [-0.1, -0.05) is 0 Å². The number of carbonyl (C=O) groups excluding carboxylic acids is 1. The molecule has 11 heteroatoms. The molecule has 0 fully saturated rings. The second-order valence-corrected chi connectivity index (χ2v) is 12.1. The number of benzene rings is 2. The van der Waals surface area contributed by atoms with Crippen LogP contribution in [0.3, 0.4) is 0 Å². The Bertz CT molecular complexity index is 1400. The normalized spacial score (nSPS) is 11.0. The summed E-state index contributed by atoms with van der Waals surface area (Å²) in [4.78, 5) is 28.7. The van der Waals surface area contributed by atoms with Gasteiger partial charge in [0, 0.05) is 0 Å². The van der Waals surface area contributed by atoms with E-state index in [4.69, 9.17) is 25.4 Å². The summed E-state index contributed by atoms with van der Waals surface area (Å²) in [5.41, 5.74) is 11.5. The molecule has 34 heavy (non-hydrogen) atoms. The van der Waals surface area contributed by atoms with Gasteiger partial charge in [-0.3, -0.25) is 5.41 Å². The Morgan fingerprint density at radius 1 is 1.03 bits per heavy atom. The Morgan fingerprint density at radius 2 is 1.82 bits per heavy atom. The first kappa shape index (κ1) is 23.3. The van der Waals surface area contributed by atoms with Crippen LogP contribution < -0.4 is 19.9 Å². The standard InChI is InChI=1S/C23H23AsN6O4/c1-12-27-18-21(28-12)29-23(34-17-11-14(20(25)26)8-9-16(17)32-4)30-22(18)33-15-7-5-6-13(10-15)19(31)24(2)3/h5-11H,1-4H3,(H3,25,26)(H,27,28,29,30). The molecule has 4 rings (SSSR count). The summed E-state index contributed by atoms with van der Waals surface area (Å²) in [6.45, 7) is 1.79. The quantitative estimate of drug-likeness (QED) is 0.179. The molecule has 0 saturated carbocycles. The number of aromatic amines is 1. The number of nitrogens with zero attached hydrogens (tertiary/aromatic N) is 3. The Labute approximate surface area is 200 Å². The number of fused-ring (bicyclic) bond motifs is 1. The van der Waals surface area contributed by atoms with Crippen molar-refractivity contribution in [2.24, 2.45) is 5.73 Å². The van der Waals surface area contributed by atoms with Gasteiger partial charge in [-0.25, -0.2) is 0 Å². The van der Waals surface area contributed by atoms with Gasteiger partial charge in [-0.15, -0.1) is 0 Å². The zero-order valence-electron chi connectivity index (χ0n) is 19.0. The molecule has 0 saturated heterocycles. The first-order chi connectivity index (χ1) is 16.2. The van der Waals surface area contributed by atoms with E-state index in [1.807, 2.05) is 11.4 Å². The van der Waals surface area contributed by atoms with Gasteiger partial charge in [-0.05, 0) is 6.07 Å².